The van der Waals surface area contributed by atoms with Crippen LogP contribution < -0.4 is 4.74 Å². The van der Waals surface area contributed by atoms with Crippen molar-refractivity contribution in [1.29, 1.82) is 0 Å². The van der Waals surface area contributed by atoms with E-state index in [4.69, 9.17) is 4.74 Å². The monoisotopic (exact) mass is 619 g/mol. The van der Waals surface area contributed by atoms with Gasteiger partial charge in [0.15, 0.2) is 0 Å². The predicted molar refractivity (Wildman–Crippen MR) is 136 cm³/mol. The summed E-state index contributed by atoms with van der Waals surface area (Å²) in [6, 6.07) is 21.5. The average Bonchev–Trinajstić information content (AvgIpc) is 3.03. The van der Waals surface area contributed by atoms with Crippen LogP contribution in [0.2, 0.25) is 0 Å². The fraction of sp³-hybridized carbons (Fsp3) is 0.0417. The molecule has 3 aromatic carbocycles. The molecule has 0 saturated carbocycles. The zero-order valence-electron chi connectivity index (χ0n) is 16.5. The van der Waals surface area contributed by atoms with Crippen LogP contribution in [0.25, 0.3) is 6.08 Å². The summed E-state index contributed by atoms with van der Waals surface area (Å²) in [5.74, 6) is -0.450. The molecule has 0 radical (unpaired) electrons. The van der Waals surface area contributed by atoms with Crippen LogP contribution >= 0.6 is 50.3 Å². The molecule has 0 atom stereocenters. The van der Waals surface area contributed by atoms with Crippen molar-refractivity contribution in [2.45, 2.75) is 6.54 Å². The van der Waals surface area contributed by atoms with Gasteiger partial charge in [-0.25, -0.2) is 4.79 Å². The van der Waals surface area contributed by atoms with Gasteiger partial charge < -0.3 is 4.74 Å². The van der Waals surface area contributed by atoms with E-state index in [-0.39, 0.29) is 17.7 Å². The Morgan fingerprint density at radius 3 is 2.56 bits per heavy atom. The fourth-order valence-corrected chi connectivity index (χ4v) is 4.90. The number of hydrogen-bond donors (Lipinski definition) is 0. The summed E-state index contributed by atoms with van der Waals surface area (Å²) in [7, 11) is 0. The van der Waals surface area contributed by atoms with E-state index in [2.05, 4.69) is 38.5 Å². The van der Waals surface area contributed by atoms with Crippen LogP contribution in [0.1, 0.15) is 21.5 Å². The van der Waals surface area contributed by atoms with Crippen molar-refractivity contribution in [3.8, 4) is 5.75 Å². The maximum atomic E-state index is 12.8. The molecule has 5 nitrogen and oxygen atoms in total. The van der Waals surface area contributed by atoms with Crippen LogP contribution in [0.15, 0.2) is 82.2 Å². The van der Waals surface area contributed by atoms with Gasteiger partial charge in [0.25, 0.3) is 11.1 Å². The number of thioether (sulfide) groups is 1. The molecule has 0 N–H and O–H groups in total. The van der Waals surface area contributed by atoms with E-state index in [9.17, 15) is 14.4 Å². The molecule has 32 heavy (non-hydrogen) atoms. The van der Waals surface area contributed by atoms with Gasteiger partial charge in [-0.05, 0) is 81.9 Å². The zero-order chi connectivity index (χ0) is 22.7. The van der Waals surface area contributed by atoms with Crippen LogP contribution in [0.5, 0.6) is 5.75 Å². The Balaban J connectivity index is 1.51. The van der Waals surface area contributed by atoms with E-state index in [1.165, 1.54) is 4.90 Å². The Labute approximate surface area is 211 Å². The Bertz CT molecular complexity index is 1260. The molecule has 0 aromatic heterocycles. The van der Waals surface area contributed by atoms with Gasteiger partial charge in [0, 0.05) is 8.04 Å². The molecule has 0 bridgehead atoms. The van der Waals surface area contributed by atoms with E-state index in [0.29, 0.717) is 21.8 Å². The molecular formula is C24H15BrINO4S. The number of nitrogens with zero attached hydrogens (tertiary/aromatic N) is 1. The van der Waals surface area contributed by atoms with Gasteiger partial charge in [-0.15, -0.1) is 0 Å². The normalized spacial score (nSPS) is 14.8. The summed E-state index contributed by atoms with van der Waals surface area (Å²) in [4.78, 5) is 39.3. The SMILES string of the molecule is O=C(Oc1cccc(/C=C2\SC(=O)N(Cc3ccccc3Br)C2=O)c1)c1ccccc1I. The maximum Gasteiger partial charge on any atom is 0.344 e. The number of ether oxygens (including phenoxy) is 1. The largest absolute Gasteiger partial charge is 0.423 e. The molecular weight excluding hydrogens is 605 g/mol. The lowest BCUT2D eigenvalue weighted by Gasteiger charge is -2.13. The number of halogens is 2. The summed E-state index contributed by atoms with van der Waals surface area (Å²) < 4.78 is 7.14. The Kier molecular flexibility index (Phi) is 7.12. The van der Waals surface area contributed by atoms with E-state index in [1.807, 2.05) is 36.4 Å². The molecule has 0 spiro atoms. The molecule has 0 aliphatic carbocycles. The van der Waals surface area contributed by atoms with Gasteiger partial charge in [0.2, 0.25) is 0 Å². The topological polar surface area (TPSA) is 63.7 Å². The number of benzene rings is 3. The van der Waals surface area contributed by atoms with Gasteiger partial charge >= 0.3 is 5.97 Å². The van der Waals surface area contributed by atoms with Gasteiger partial charge in [0.05, 0.1) is 17.0 Å². The molecule has 1 saturated heterocycles. The van der Waals surface area contributed by atoms with Crippen molar-refractivity contribution >= 4 is 73.5 Å². The van der Waals surface area contributed by atoms with Crippen molar-refractivity contribution in [1.82, 2.24) is 4.90 Å². The van der Waals surface area contributed by atoms with Gasteiger partial charge in [-0.1, -0.05) is 58.4 Å². The fourth-order valence-electron chi connectivity index (χ4n) is 3.04. The minimum Gasteiger partial charge on any atom is -0.423 e. The van der Waals surface area contributed by atoms with E-state index < -0.39 is 5.97 Å². The molecule has 160 valence electrons. The molecule has 4 rings (SSSR count). The molecule has 0 unspecified atom stereocenters. The summed E-state index contributed by atoms with van der Waals surface area (Å²) in [6.45, 7) is 0.191. The second-order valence-electron chi connectivity index (χ2n) is 6.80. The van der Waals surface area contributed by atoms with Crippen LogP contribution in [-0.2, 0) is 11.3 Å². The molecule has 1 aliphatic heterocycles. The Hall–Kier alpha value is -2.43. The third-order valence-electron chi connectivity index (χ3n) is 4.62. The van der Waals surface area contributed by atoms with E-state index >= 15 is 0 Å². The second kappa shape index (κ2) is 10.0. The predicted octanol–water partition coefficient (Wildman–Crippen LogP) is 6.51. The quantitative estimate of drug-likeness (QED) is 0.141. The van der Waals surface area contributed by atoms with Gasteiger partial charge in [-0.2, -0.15) is 0 Å². The van der Waals surface area contributed by atoms with Crippen LogP contribution in [0, 0.1) is 3.57 Å². The third kappa shape index (κ3) is 5.13. The lowest BCUT2D eigenvalue weighted by molar-refractivity contribution is -0.123. The molecule has 8 heteroatoms. The highest BCUT2D eigenvalue weighted by atomic mass is 127. The van der Waals surface area contributed by atoms with Crippen molar-refractivity contribution in [3.63, 3.8) is 0 Å². The number of hydrogen-bond acceptors (Lipinski definition) is 5. The molecule has 1 heterocycles. The Morgan fingerprint density at radius 1 is 1.03 bits per heavy atom. The number of carbonyl (C=O) groups is 3. The summed E-state index contributed by atoms with van der Waals surface area (Å²) in [5, 5.41) is -0.321. The Morgan fingerprint density at radius 2 is 1.78 bits per heavy atom. The summed E-state index contributed by atoms with van der Waals surface area (Å²) in [5.41, 5.74) is 1.98. The lowest BCUT2D eigenvalue weighted by Crippen LogP contribution is -2.27. The van der Waals surface area contributed by atoms with Crippen molar-refractivity contribution < 1.29 is 19.1 Å². The van der Waals surface area contributed by atoms with Crippen LogP contribution in [0.4, 0.5) is 4.79 Å². The highest BCUT2D eigenvalue weighted by Gasteiger charge is 2.35. The molecule has 3 aromatic rings. The average molecular weight is 620 g/mol. The van der Waals surface area contributed by atoms with Gasteiger partial charge in [0.1, 0.15) is 5.75 Å². The highest BCUT2D eigenvalue weighted by molar-refractivity contribution is 14.1. The van der Waals surface area contributed by atoms with E-state index in [0.717, 1.165) is 25.4 Å². The zero-order valence-corrected chi connectivity index (χ0v) is 21.0. The number of amides is 2. The first-order chi connectivity index (χ1) is 15.4. The summed E-state index contributed by atoms with van der Waals surface area (Å²) in [6.07, 6.45) is 1.63. The minimum absolute atomic E-state index is 0.191. The standard InChI is InChI=1S/C24H15BrINO4S/c25-19-10-3-1-7-16(19)14-27-22(28)21(32-24(27)30)13-15-6-5-8-17(12-15)31-23(29)18-9-2-4-11-20(18)26/h1-13H,14H2/b21-13-. The van der Waals surface area contributed by atoms with Crippen molar-refractivity contribution in [3.05, 3.63) is 102 Å². The number of imide groups is 1. The smallest absolute Gasteiger partial charge is 0.344 e. The number of esters is 1. The minimum atomic E-state index is -0.457. The maximum absolute atomic E-state index is 12.8. The molecule has 1 fully saturated rings. The summed E-state index contributed by atoms with van der Waals surface area (Å²) >= 11 is 6.43. The first-order valence-electron chi connectivity index (χ1n) is 9.48. The van der Waals surface area contributed by atoms with Crippen LogP contribution in [-0.4, -0.2) is 22.0 Å². The second-order valence-corrected chi connectivity index (χ2v) is 9.81. The van der Waals surface area contributed by atoms with E-state index in [1.54, 1.807) is 42.5 Å². The van der Waals surface area contributed by atoms with Crippen LogP contribution in [0.3, 0.4) is 0 Å². The first kappa shape index (κ1) is 22.8. The van der Waals surface area contributed by atoms with Crippen molar-refractivity contribution in [2.75, 3.05) is 0 Å². The lowest BCUT2D eigenvalue weighted by atomic mass is 10.2. The highest BCUT2D eigenvalue weighted by Crippen LogP contribution is 2.34. The van der Waals surface area contributed by atoms with Crippen molar-refractivity contribution in [2.24, 2.45) is 0 Å². The first-order valence-corrected chi connectivity index (χ1v) is 12.2. The van der Waals surface area contributed by atoms with Gasteiger partial charge in [-0.3, -0.25) is 14.5 Å². The molecule has 2 amide bonds. The third-order valence-corrected chi connectivity index (χ3v) is 7.24. The number of carbonyl (C=O) groups excluding carboxylic acids is 3. The molecule has 1 aliphatic rings. The number of rotatable bonds is 5.